The van der Waals surface area contributed by atoms with Crippen LogP contribution in [0.3, 0.4) is 0 Å². The van der Waals surface area contributed by atoms with Crippen LogP contribution in [0.4, 0.5) is 0 Å². The number of hydrogen-bond donors (Lipinski definition) is 0. The van der Waals surface area contributed by atoms with Crippen LogP contribution >= 0.6 is 0 Å². The molecule has 0 bridgehead atoms. The van der Waals surface area contributed by atoms with Gasteiger partial charge in [-0.05, 0) is 49.1 Å². The van der Waals surface area contributed by atoms with E-state index in [1.165, 1.54) is 0 Å². The van der Waals surface area contributed by atoms with Crippen molar-refractivity contribution in [3.05, 3.63) is 12.7 Å². The van der Waals surface area contributed by atoms with E-state index in [0.717, 1.165) is 25.0 Å². The van der Waals surface area contributed by atoms with Gasteiger partial charge in [0.2, 0.25) is 0 Å². The van der Waals surface area contributed by atoms with Crippen molar-refractivity contribution in [2.24, 2.45) is 11.1 Å². The summed E-state index contributed by atoms with van der Waals surface area (Å²) >= 11 is 0. The maximum Gasteiger partial charge on any atom is 0.192 e. The second-order valence-corrected chi connectivity index (χ2v) is 21.3. The van der Waals surface area contributed by atoms with Crippen LogP contribution in [0.15, 0.2) is 17.8 Å². The van der Waals surface area contributed by atoms with Gasteiger partial charge in [0.05, 0.1) is 17.4 Å². The molecule has 0 spiro atoms. The van der Waals surface area contributed by atoms with Crippen molar-refractivity contribution in [2.45, 2.75) is 109 Å². The maximum atomic E-state index is 7.10. The number of fused-ring (bicyclic) bond motifs is 1. The molecule has 2 aliphatic rings. The first kappa shape index (κ1) is 23.8. The van der Waals surface area contributed by atoms with Gasteiger partial charge in [0.25, 0.3) is 0 Å². The van der Waals surface area contributed by atoms with E-state index in [-0.39, 0.29) is 27.7 Å². The van der Waals surface area contributed by atoms with Crippen molar-refractivity contribution in [2.75, 3.05) is 6.61 Å². The molecule has 2 rings (SSSR count). The summed E-state index contributed by atoms with van der Waals surface area (Å²) in [6.07, 6.45) is 4.64. The highest BCUT2D eigenvalue weighted by molar-refractivity contribution is 6.74. The molecule has 0 aromatic carbocycles. The smallest absolute Gasteiger partial charge is 0.192 e. The molecule has 28 heavy (non-hydrogen) atoms. The van der Waals surface area contributed by atoms with Gasteiger partial charge in [0.15, 0.2) is 16.6 Å². The highest BCUT2D eigenvalue weighted by Gasteiger charge is 2.53. The number of nitrogens with zero attached hydrogens (tertiary/aromatic N) is 1. The molecule has 1 heterocycles. The molecule has 0 aromatic rings. The predicted molar refractivity (Wildman–Crippen MR) is 124 cm³/mol. The minimum Gasteiger partial charge on any atom is -0.411 e. The molecule has 6 heteroatoms. The monoisotopic (exact) mass is 425 g/mol. The van der Waals surface area contributed by atoms with Gasteiger partial charge in [0.1, 0.15) is 6.61 Å². The van der Waals surface area contributed by atoms with E-state index in [4.69, 9.17) is 13.7 Å². The number of oxime groups is 1. The fraction of sp³-hybridized carbons (Fsp3) is 0.864. The first-order valence-electron chi connectivity index (χ1n) is 10.7. The van der Waals surface area contributed by atoms with E-state index in [2.05, 4.69) is 79.5 Å². The first-order chi connectivity index (χ1) is 12.5. The summed E-state index contributed by atoms with van der Waals surface area (Å²) in [7, 11) is -3.88. The van der Waals surface area contributed by atoms with Crippen molar-refractivity contribution in [3.8, 4) is 0 Å². The Balaban J connectivity index is 2.38. The van der Waals surface area contributed by atoms with Gasteiger partial charge >= 0.3 is 0 Å². The normalized spacial score (nSPS) is 29.1. The maximum absolute atomic E-state index is 7.10. The van der Waals surface area contributed by atoms with Crippen LogP contribution in [0, 0.1) is 5.92 Å². The third-order valence-electron chi connectivity index (χ3n) is 7.41. The lowest BCUT2D eigenvalue weighted by Gasteiger charge is -2.51. The van der Waals surface area contributed by atoms with E-state index >= 15 is 0 Å². The molecule has 1 aliphatic heterocycles. The Labute approximate surface area is 175 Å². The Bertz CT molecular complexity index is 616. The van der Waals surface area contributed by atoms with Crippen molar-refractivity contribution in [1.29, 1.82) is 0 Å². The molecule has 1 fully saturated rings. The molecule has 1 saturated carbocycles. The van der Waals surface area contributed by atoms with Crippen LogP contribution in [-0.2, 0) is 13.7 Å². The Morgan fingerprint density at radius 3 is 2.14 bits per heavy atom. The van der Waals surface area contributed by atoms with Gasteiger partial charge in [0, 0.05) is 12.3 Å². The van der Waals surface area contributed by atoms with Gasteiger partial charge in [-0.2, -0.15) is 0 Å². The summed E-state index contributed by atoms with van der Waals surface area (Å²) in [4.78, 5) is 5.54. The van der Waals surface area contributed by atoms with E-state index in [9.17, 15) is 0 Å². The summed E-state index contributed by atoms with van der Waals surface area (Å²) in [5.74, 6) is 0.285. The molecule has 162 valence electrons. The minimum atomic E-state index is -1.94. The largest absolute Gasteiger partial charge is 0.411 e. The van der Waals surface area contributed by atoms with Gasteiger partial charge < -0.3 is 13.7 Å². The lowest BCUT2D eigenvalue weighted by Crippen LogP contribution is -2.58. The van der Waals surface area contributed by atoms with Crippen LogP contribution < -0.4 is 0 Å². The second-order valence-electron chi connectivity index (χ2n) is 11.8. The lowest BCUT2D eigenvalue weighted by molar-refractivity contribution is -0.0101. The summed E-state index contributed by atoms with van der Waals surface area (Å²) < 4.78 is 14.0. The molecule has 4 nitrogen and oxygen atoms in total. The minimum absolute atomic E-state index is 0.0214. The zero-order chi connectivity index (χ0) is 21.6. The summed E-state index contributed by atoms with van der Waals surface area (Å²) in [5.41, 5.74) is 0.859. The molecule has 0 radical (unpaired) electrons. The molecular weight excluding hydrogens is 382 g/mol. The van der Waals surface area contributed by atoms with Gasteiger partial charge in [-0.1, -0.05) is 52.8 Å². The SMILES string of the molecule is C=CC[C@@]1(O[Si](C)(C)C(C)(C)C)C[C@@H]2CON=C2[C@@H](O[Si](C)(C)C(C)(C)C)C1. The van der Waals surface area contributed by atoms with E-state index in [0.29, 0.717) is 6.61 Å². The average molecular weight is 426 g/mol. The Kier molecular flexibility index (Phi) is 6.53. The van der Waals surface area contributed by atoms with Crippen molar-refractivity contribution >= 4 is 22.3 Å². The van der Waals surface area contributed by atoms with Crippen LogP contribution in [-0.4, -0.2) is 40.7 Å². The zero-order valence-electron chi connectivity index (χ0n) is 19.9. The van der Waals surface area contributed by atoms with Gasteiger partial charge in [-0.15, -0.1) is 6.58 Å². The quantitative estimate of drug-likeness (QED) is 0.360. The third-order valence-corrected chi connectivity index (χ3v) is 16.4. The van der Waals surface area contributed by atoms with Crippen molar-refractivity contribution in [1.82, 2.24) is 0 Å². The van der Waals surface area contributed by atoms with Gasteiger partial charge in [-0.3, -0.25) is 0 Å². The summed E-state index contributed by atoms with van der Waals surface area (Å²) in [5, 5.41) is 4.74. The first-order valence-corrected chi connectivity index (χ1v) is 16.5. The van der Waals surface area contributed by atoms with Crippen LogP contribution in [0.25, 0.3) is 0 Å². The highest BCUT2D eigenvalue weighted by atomic mass is 28.4. The van der Waals surface area contributed by atoms with Gasteiger partial charge in [-0.25, -0.2) is 0 Å². The Hall–Kier alpha value is -0.436. The Morgan fingerprint density at radius 1 is 1.07 bits per heavy atom. The molecule has 0 N–H and O–H groups in total. The van der Waals surface area contributed by atoms with Crippen LogP contribution in [0.2, 0.25) is 36.3 Å². The Morgan fingerprint density at radius 2 is 1.64 bits per heavy atom. The fourth-order valence-corrected chi connectivity index (χ4v) is 6.61. The third kappa shape index (κ3) is 4.82. The molecule has 0 saturated heterocycles. The fourth-order valence-electron chi connectivity index (χ4n) is 3.71. The summed E-state index contributed by atoms with van der Waals surface area (Å²) in [6.45, 7) is 27.8. The van der Waals surface area contributed by atoms with Crippen LogP contribution in [0.1, 0.15) is 60.8 Å². The van der Waals surface area contributed by atoms with Crippen LogP contribution in [0.5, 0.6) is 0 Å². The second kappa shape index (κ2) is 7.67. The zero-order valence-corrected chi connectivity index (χ0v) is 21.9. The van der Waals surface area contributed by atoms with Crippen molar-refractivity contribution in [3.63, 3.8) is 0 Å². The molecule has 0 aromatic heterocycles. The van der Waals surface area contributed by atoms with E-state index in [1.807, 2.05) is 6.08 Å². The molecular formula is C22H43NO3Si2. The molecule has 3 atom stereocenters. The molecule has 1 aliphatic carbocycles. The molecule has 0 amide bonds. The van der Waals surface area contributed by atoms with E-state index in [1.54, 1.807) is 0 Å². The average Bonchev–Trinajstić information content (AvgIpc) is 2.92. The predicted octanol–water partition coefficient (Wildman–Crippen LogP) is 6.51. The highest BCUT2D eigenvalue weighted by Crippen LogP contribution is 2.48. The summed E-state index contributed by atoms with van der Waals surface area (Å²) in [6, 6.07) is 0. The molecule has 0 unspecified atom stereocenters. The standard InChI is InChI=1S/C22H43NO3Si2/c1-12-13-22(26-28(10,11)21(5,6)7)14-17-16-24-23-19(17)18(15-22)25-27(8,9)20(2,3)4/h12,17-18H,1,13-16H2,2-11H3/t17-,18+,22-/m1/s1. The number of hydrogen-bond acceptors (Lipinski definition) is 4. The number of rotatable bonds is 6. The van der Waals surface area contributed by atoms with Crippen molar-refractivity contribution < 1.29 is 13.7 Å². The lowest BCUT2D eigenvalue weighted by atomic mass is 9.74. The van der Waals surface area contributed by atoms with E-state index < -0.39 is 16.6 Å². The topological polar surface area (TPSA) is 40.0 Å².